The Morgan fingerprint density at radius 1 is 1.08 bits per heavy atom. The minimum atomic E-state index is -0.246. The van der Waals surface area contributed by atoms with Crippen molar-refractivity contribution in [2.24, 2.45) is 0 Å². The number of amides is 2. The Balaban J connectivity index is 1.46. The van der Waals surface area contributed by atoms with Gasteiger partial charge in [-0.25, -0.2) is 4.79 Å². The van der Waals surface area contributed by atoms with E-state index in [2.05, 4.69) is 22.5 Å². The van der Waals surface area contributed by atoms with E-state index >= 15 is 0 Å². The second kappa shape index (κ2) is 8.15. The van der Waals surface area contributed by atoms with Gasteiger partial charge in [0.25, 0.3) is 0 Å². The molecule has 3 aromatic rings. The van der Waals surface area contributed by atoms with E-state index in [-0.39, 0.29) is 6.03 Å². The number of aryl methyl sites for hydroxylation is 1. The number of rotatable bonds is 6. The number of nitrogens with one attached hydrogen (secondary N) is 2. The topological polar surface area (TPSA) is 63.2 Å². The Morgan fingerprint density at radius 3 is 2.68 bits per heavy atom. The molecule has 2 N–H and O–H groups in total. The van der Waals surface area contributed by atoms with Crippen molar-refractivity contribution in [2.75, 3.05) is 18.5 Å². The predicted octanol–water partition coefficient (Wildman–Crippen LogP) is 4.00. The highest BCUT2D eigenvalue weighted by Crippen LogP contribution is 2.22. The molecule has 2 amide bonds. The summed E-state index contributed by atoms with van der Waals surface area (Å²) in [6.07, 6.45) is 2.72. The lowest BCUT2D eigenvalue weighted by Gasteiger charge is -2.10. The van der Waals surface area contributed by atoms with Gasteiger partial charge in [-0.05, 0) is 36.2 Å². The Morgan fingerprint density at radius 2 is 1.88 bits per heavy atom. The lowest BCUT2D eigenvalue weighted by atomic mass is 10.1. The van der Waals surface area contributed by atoms with Crippen molar-refractivity contribution in [2.45, 2.75) is 13.3 Å². The van der Waals surface area contributed by atoms with Crippen molar-refractivity contribution in [3.63, 3.8) is 0 Å². The van der Waals surface area contributed by atoms with Crippen molar-refractivity contribution < 1.29 is 9.53 Å². The predicted molar refractivity (Wildman–Crippen MR) is 100 cm³/mol. The van der Waals surface area contributed by atoms with Crippen molar-refractivity contribution in [3.05, 3.63) is 66.4 Å². The molecule has 5 nitrogen and oxygen atoms in total. The number of urea groups is 1. The van der Waals surface area contributed by atoms with E-state index in [1.165, 1.54) is 5.56 Å². The molecule has 0 aliphatic carbocycles. The summed E-state index contributed by atoms with van der Waals surface area (Å²) in [5, 5.41) is 6.62. The van der Waals surface area contributed by atoms with Crippen LogP contribution in [0.15, 0.2) is 60.8 Å². The summed E-state index contributed by atoms with van der Waals surface area (Å²) in [6.45, 7) is 2.88. The van der Waals surface area contributed by atoms with E-state index in [4.69, 9.17) is 4.74 Å². The Hall–Kier alpha value is -3.08. The van der Waals surface area contributed by atoms with Crippen LogP contribution in [-0.4, -0.2) is 24.2 Å². The lowest BCUT2D eigenvalue weighted by Crippen LogP contribution is -2.32. The molecule has 0 aliphatic heterocycles. The first-order chi connectivity index (χ1) is 12.3. The first-order valence-electron chi connectivity index (χ1n) is 8.36. The van der Waals surface area contributed by atoms with Gasteiger partial charge in [0, 0.05) is 17.3 Å². The molecule has 0 bridgehead atoms. The second-order valence-corrected chi connectivity index (χ2v) is 5.61. The van der Waals surface area contributed by atoms with E-state index in [0.717, 1.165) is 28.8 Å². The van der Waals surface area contributed by atoms with E-state index in [1.807, 2.05) is 54.6 Å². The number of hydrogen-bond acceptors (Lipinski definition) is 3. The molecule has 128 valence electrons. The molecule has 0 unspecified atom stereocenters. The Bertz CT molecular complexity index is 842. The first-order valence-corrected chi connectivity index (χ1v) is 8.36. The number of para-hydroxylation sites is 1. The number of ether oxygens (including phenoxy) is 1. The summed E-state index contributed by atoms with van der Waals surface area (Å²) in [6, 6.07) is 17.3. The summed E-state index contributed by atoms with van der Waals surface area (Å²) in [5.74, 6) is 0.718. The fourth-order valence-electron chi connectivity index (χ4n) is 2.52. The van der Waals surface area contributed by atoms with Gasteiger partial charge in [0.2, 0.25) is 0 Å². The SMILES string of the molecule is CCc1ccc(NC(=O)NCCOc2cccc3cccnc23)cc1. The van der Waals surface area contributed by atoms with Crippen LogP contribution in [0.2, 0.25) is 0 Å². The Kier molecular flexibility index (Phi) is 5.46. The standard InChI is InChI=1S/C20H21N3O2/c1-2-15-8-10-17(11-9-15)23-20(24)22-13-14-25-18-7-3-5-16-6-4-12-21-19(16)18/h3-12H,2,13-14H2,1H3,(H2,22,23,24). The number of anilines is 1. The molecule has 3 rings (SSSR count). The largest absolute Gasteiger partial charge is 0.489 e. The molecule has 1 aromatic heterocycles. The molecule has 0 spiro atoms. The van der Waals surface area contributed by atoms with Crippen LogP contribution in [0.4, 0.5) is 10.5 Å². The smallest absolute Gasteiger partial charge is 0.319 e. The highest BCUT2D eigenvalue weighted by molar-refractivity contribution is 5.89. The van der Waals surface area contributed by atoms with Crippen LogP contribution < -0.4 is 15.4 Å². The average molecular weight is 335 g/mol. The number of carbonyl (C=O) groups is 1. The summed E-state index contributed by atoms with van der Waals surface area (Å²) in [4.78, 5) is 16.2. The van der Waals surface area contributed by atoms with Gasteiger partial charge >= 0.3 is 6.03 Å². The van der Waals surface area contributed by atoms with Crippen molar-refractivity contribution in [1.82, 2.24) is 10.3 Å². The number of aromatic nitrogens is 1. The average Bonchev–Trinajstić information content (AvgIpc) is 2.66. The summed E-state index contributed by atoms with van der Waals surface area (Å²) >= 11 is 0. The quantitative estimate of drug-likeness (QED) is 0.669. The van der Waals surface area contributed by atoms with Gasteiger partial charge in [0.15, 0.2) is 0 Å². The summed E-state index contributed by atoms with van der Waals surface area (Å²) < 4.78 is 5.75. The van der Waals surface area contributed by atoms with Crippen LogP contribution in [0.25, 0.3) is 10.9 Å². The van der Waals surface area contributed by atoms with E-state index < -0.39 is 0 Å². The molecular formula is C20H21N3O2. The number of fused-ring (bicyclic) bond motifs is 1. The lowest BCUT2D eigenvalue weighted by molar-refractivity contribution is 0.247. The third kappa shape index (κ3) is 4.47. The molecule has 5 heteroatoms. The molecule has 0 radical (unpaired) electrons. The minimum Gasteiger partial charge on any atom is -0.489 e. The van der Waals surface area contributed by atoms with E-state index in [1.54, 1.807) is 6.20 Å². The molecule has 1 heterocycles. The second-order valence-electron chi connectivity index (χ2n) is 5.61. The number of carbonyl (C=O) groups excluding carboxylic acids is 1. The molecule has 2 aromatic carbocycles. The molecule has 0 saturated carbocycles. The fraction of sp³-hybridized carbons (Fsp3) is 0.200. The zero-order chi connectivity index (χ0) is 17.5. The van der Waals surface area contributed by atoms with Gasteiger partial charge in [0.1, 0.15) is 17.9 Å². The summed E-state index contributed by atoms with van der Waals surface area (Å²) in [5.41, 5.74) is 2.84. The van der Waals surface area contributed by atoms with Crippen LogP contribution >= 0.6 is 0 Å². The van der Waals surface area contributed by atoms with Crippen molar-refractivity contribution in [3.8, 4) is 5.75 Å². The highest BCUT2D eigenvalue weighted by Gasteiger charge is 2.04. The number of benzene rings is 2. The Labute approximate surface area is 147 Å². The van der Waals surface area contributed by atoms with Gasteiger partial charge in [0.05, 0.1) is 6.54 Å². The first kappa shape index (κ1) is 16.8. The number of pyridine rings is 1. The molecular weight excluding hydrogens is 314 g/mol. The molecule has 0 saturated heterocycles. The third-order valence-electron chi connectivity index (χ3n) is 3.86. The normalized spacial score (nSPS) is 10.4. The van der Waals surface area contributed by atoms with Crippen molar-refractivity contribution >= 4 is 22.6 Å². The minimum absolute atomic E-state index is 0.246. The van der Waals surface area contributed by atoms with Gasteiger partial charge in [-0.1, -0.05) is 37.3 Å². The zero-order valence-electron chi connectivity index (χ0n) is 14.2. The van der Waals surface area contributed by atoms with Gasteiger partial charge in [-0.3, -0.25) is 4.98 Å². The monoisotopic (exact) mass is 335 g/mol. The van der Waals surface area contributed by atoms with Crippen LogP contribution in [0, 0.1) is 0 Å². The molecule has 0 aliphatic rings. The third-order valence-corrected chi connectivity index (χ3v) is 3.86. The van der Waals surface area contributed by atoms with Crippen LogP contribution in [-0.2, 0) is 6.42 Å². The maximum Gasteiger partial charge on any atom is 0.319 e. The van der Waals surface area contributed by atoms with Crippen molar-refractivity contribution in [1.29, 1.82) is 0 Å². The van der Waals surface area contributed by atoms with Crippen LogP contribution in [0.1, 0.15) is 12.5 Å². The van der Waals surface area contributed by atoms with Gasteiger partial charge in [-0.15, -0.1) is 0 Å². The van der Waals surface area contributed by atoms with Gasteiger partial charge in [-0.2, -0.15) is 0 Å². The number of nitrogens with zero attached hydrogens (tertiary/aromatic N) is 1. The van der Waals surface area contributed by atoms with E-state index in [0.29, 0.717) is 13.2 Å². The van der Waals surface area contributed by atoms with Crippen LogP contribution in [0.5, 0.6) is 5.75 Å². The molecule has 0 atom stereocenters. The van der Waals surface area contributed by atoms with E-state index in [9.17, 15) is 4.79 Å². The summed E-state index contributed by atoms with van der Waals surface area (Å²) in [7, 11) is 0. The fourth-order valence-corrected chi connectivity index (χ4v) is 2.52. The van der Waals surface area contributed by atoms with Gasteiger partial charge < -0.3 is 15.4 Å². The van der Waals surface area contributed by atoms with Crippen LogP contribution in [0.3, 0.4) is 0 Å². The maximum absolute atomic E-state index is 11.9. The highest BCUT2D eigenvalue weighted by atomic mass is 16.5. The maximum atomic E-state index is 11.9. The molecule has 25 heavy (non-hydrogen) atoms. The number of hydrogen-bond donors (Lipinski definition) is 2. The zero-order valence-corrected chi connectivity index (χ0v) is 14.2. The molecule has 0 fully saturated rings.